The average Bonchev–Trinajstić information content (AvgIpc) is 2.69. The van der Waals surface area contributed by atoms with Gasteiger partial charge in [0.2, 0.25) is 0 Å². The largest absolute Gasteiger partial charge is 0.396 e. The van der Waals surface area contributed by atoms with Crippen LogP contribution in [0.25, 0.3) is 0 Å². The number of aryl methyl sites for hydroxylation is 1. The molecule has 4 N–H and O–H groups in total. The van der Waals surface area contributed by atoms with Gasteiger partial charge in [-0.25, -0.2) is 9.97 Å². The van der Waals surface area contributed by atoms with Crippen LogP contribution in [-0.4, -0.2) is 15.0 Å². The molecule has 5 heteroatoms. The second-order valence-electron chi connectivity index (χ2n) is 3.38. The van der Waals surface area contributed by atoms with Crippen LogP contribution in [-0.2, 0) is 6.54 Å². The zero-order valence-electron chi connectivity index (χ0n) is 8.49. The SMILES string of the molecule is Cc1cnc(NCc2cnc[nH]2)c(N)c1. The number of nitrogens with one attached hydrogen (secondary N) is 2. The fourth-order valence-electron chi connectivity index (χ4n) is 1.30. The molecule has 0 radical (unpaired) electrons. The van der Waals surface area contributed by atoms with Gasteiger partial charge < -0.3 is 16.0 Å². The predicted molar refractivity (Wildman–Crippen MR) is 59.3 cm³/mol. The van der Waals surface area contributed by atoms with Crippen molar-refractivity contribution in [1.82, 2.24) is 15.0 Å². The molecule has 0 atom stereocenters. The van der Waals surface area contributed by atoms with Gasteiger partial charge in [-0.3, -0.25) is 0 Å². The minimum atomic E-state index is 0.639. The fraction of sp³-hybridized carbons (Fsp3) is 0.200. The number of aromatic nitrogens is 3. The topological polar surface area (TPSA) is 79.6 Å². The van der Waals surface area contributed by atoms with E-state index in [2.05, 4.69) is 20.3 Å². The van der Waals surface area contributed by atoms with Crippen LogP contribution in [0, 0.1) is 6.92 Å². The number of H-pyrrole nitrogens is 1. The number of anilines is 2. The Morgan fingerprint density at radius 2 is 2.33 bits per heavy atom. The second-order valence-corrected chi connectivity index (χ2v) is 3.38. The van der Waals surface area contributed by atoms with Crippen molar-refractivity contribution in [3.05, 3.63) is 36.0 Å². The minimum Gasteiger partial charge on any atom is -0.396 e. The summed E-state index contributed by atoms with van der Waals surface area (Å²) in [5.41, 5.74) is 8.52. The van der Waals surface area contributed by atoms with E-state index in [1.165, 1.54) is 0 Å². The average molecular weight is 203 g/mol. The highest BCUT2D eigenvalue weighted by atomic mass is 15.0. The maximum Gasteiger partial charge on any atom is 0.149 e. The van der Waals surface area contributed by atoms with Crippen molar-refractivity contribution in [2.45, 2.75) is 13.5 Å². The van der Waals surface area contributed by atoms with Crippen molar-refractivity contribution in [2.24, 2.45) is 0 Å². The summed E-state index contributed by atoms with van der Waals surface area (Å²) in [5, 5.41) is 3.14. The summed E-state index contributed by atoms with van der Waals surface area (Å²) >= 11 is 0. The van der Waals surface area contributed by atoms with E-state index in [9.17, 15) is 0 Å². The molecule has 0 fully saturated rings. The van der Waals surface area contributed by atoms with Crippen molar-refractivity contribution >= 4 is 11.5 Å². The van der Waals surface area contributed by atoms with Crippen LogP contribution in [0.5, 0.6) is 0 Å². The Labute approximate surface area is 87.8 Å². The van der Waals surface area contributed by atoms with Crippen LogP contribution in [0.3, 0.4) is 0 Å². The van der Waals surface area contributed by atoms with E-state index in [1.54, 1.807) is 18.7 Å². The highest BCUT2D eigenvalue weighted by Crippen LogP contribution is 2.16. The van der Waals surface area contributed by atoms with Crippen LogP contribution in [0.4, 0.5) is 11.5 Å². The molecule has 0 saturated heterocycles. The molecule has 0 aromatic carbocycles. The van der Waals surface area contributed by atoms with Crippen LogP contribution >= 0.6 is 0 Å². The number of nitrogens with zero attached hydrogens (tertiary/aromatic N) is 2. The first kappa shape index (κ1) is 9.51. The smallest absolute Gasteiger partial charge is 0.149 e. The van der Waals surface area contributed by atoms with Crippen LogP contribution < -0.4 is 11.1 Å². The Balaban J connectivity index is 2.05. The molecule has 78 valence electrons. The number of hydrogen-bond acceptors (Lipinski definition) is 4. The number of nitrogen functional groups attached to an aromatic ring is 1. The standard InChI is InChI=1S/C10H13N5/c1-7-2-9(11)10(13-3-7)14-5-8-4-12-6-15-8/h2-4,6H,5,11H2,1H3,(H,12,15)(H,13,14). The van der Waals surface area contributed by atoms with E-state index in [1.807, 2.05) is 13.0 Å². The predicted octanol–water partition coefficient (Wildman–Crippen LogP) is 1.31. The van der Waals surface area contributed by atoms with E-state index in [4.69, 9.17) is 5.73 Å². The summed E-state index contributed by atoms with van der Waals surface area (Å²) in [7, 11) is 0. The first-order valence-corrected chi connectivity index (χ1v) is 4.69. The van der Waals surface area contributed by atoms with Crippen molar-refractivity contribution < 1.29 is 0 Å². The molecule has 0 aliphatic carbocycles. The van der Waals surface area contributed by atoms with Gasteiger partial charge in [-0.15, -0.1) is 0 Å². The summed E-state index contributed by atoms with van der Waals surface area (Å²) in [6.45, 7) is 2.60. The molecule has 0 unspecified atom stereocenters. The zero-order valence-corrected chi connectivity index (χ0v) is 8.49. The van der Waals surface area contributed by atoms with Gasteiger partial charge in [0.25, 0.3) is 0 Å². The first-order valence-electron chi connectivity index (χ1n) is 4.69. The lowest BCUT2D eigenvalue weighted by Gasteiger charge is -2.07. The van der Waals surface area contributed by atoms with Crippen molar-refractivity contribution in [3.63, 3.8) is 0 Å². The summed E-state index contributed by atoms with van der Waals surface area (Å²) in [5.74, 6) is 0.704. The molecule has 2 aromatic rings. The number of imidazole rings is 1. The lowest BCUT2D eigenvalue weighted by Crippen LogP contribution is -2.04. The third-order valence-corrected chi connectivity index (χ3v) is 2.06. The summed E-state index contributed by atoms with van der Waals surface area (Å²) in [6.07, 6.45) is 5.19. The van der Waals surface area contributed by atoms with Gasteiger partial charge in [-0.2, -0.15) is 0 Å². The minimum absolute atomic E-state index is 0.639. The number of nitrogens with two attached hydrogens (primary N) is 1. The van der Waals surface area contributed by atoms with E-state index in [0.717, 1.165) is 11.3 Å². The quantitative estimate of drug-likeness (QED) is 0.702. The van der Waals surface area contributed by atoms with E-state index >= 15 is 0 Å². The fourth-order valence-corrected chi connectivity index (χ4v) is 1.30. The monoisotopic (exact) mass is 203 g/mol. The molecule has 0 amide bonds. The number of hydrogen-bond donors (Lipinski definition) is 3. The maximum atomic E-state index is 5.81. The van der Waals surface area contributed by atoms with Crippen molar-refractivity contribution in [2.75, 3.05) is 11.1 Å². The Bertz CT molecular complexity index is 435. The summed E-state index contributed by atoms with van der Waals surface area (Å²) < 4.78 is 0. The molecule has 15 heavy (non-hydrogen) atoms. The zero-order chi connectivity index (χ0) is 10.7. The Morgan fingerprint density at radius 3 is 3.00 bits per heavy atom. The molecule has 0 saturated carbocycles. The van der Waals surface area contributed by atoms with Gasteiger partial charge >= 0.3 is 0 Å². The van der Waals surface area contributed by atoms with Crippen molar-refractivity contribution in [3.8, 4) is 0 Å². The molecule has 0 aliphatic heterocycles. The highest BCUT2D eigenvalue weighted by molar-refractivity contribution is 5.61. The van der Waals surface area contributed by atoms with Gasteiger partial charge in [0, 0.05) is 12.4 Å². The van der Waals surface area contributed by atoms with E-state index in [-0.39, 0.29) is 0 Å². The summed E-state index contributed by atoms with van der Waals surface area (Å²) in [6, 6.07) is 1.89. The van der Waals surface area contributed by atoms with Crippen LogP contribution in [0.15, 0.2) is 24.8 Å². The lowest BCUT2D eigenvalue weighted by atomic mass is 10.3. The highest BCUT2D eigenvalue weighted by Gasteiger charge is 2.00. The van der Waals surface area contributed by atoms with Gasteiger partial charge in [0.15, 0.2) is 0 Å². The van der Waals surface area contributed by atoms with Gasteiger partial charge in [0.05, 0.1) is 24.3 Å². The Kier molecular flexibility index (Phi) is 2.53. The molecule has 2 rings (SSSR count). The molecule has 0 aliphatic rings. The molecule has 0 spiro atoms. The van der Waals surface area contributed by atoms with Crippen LogP contribution in [0.2, 0.25) is 0 Å². The molecule has 0 bridgehead atoms. The second kappa shape index (κ2) is 4.00. The normalized spacial score (nSPS) is 10.2. The maximum absolute atomic E-state index is 5.81. The number of rotatable bonds is 3. The van der Waals surface area contributed by atoms with E-state index in [0.29, 0.717) is 18.1 Å². The Hall–Kier alpha value is -2.04. The van der Waals surface area contributed by atoms with Gasteiger partial charge in [-0.05, 0) is 18.6 Å². The Morgan fingerprint density at radius 1 is 1.47 bits per heavy atom. The van der Waals surface area contributed by atoms with E-state index < -0.39 is 0 Å². The number of aromatic amines is 1. The molecule has 2 aromatic heterocycles. The molecular weight excluding hydrogens is 190 g/mol. The van der Waals surface area contributed by atoms with Gasteiger partial charge in [-0.1, -0.05) is 0 Å². The van der Waals surface area contributed by atoms with Crippen molar-refractivity contribution in [1.29, 1.82) is 0 Å². The third-order valence-electron chi connectivity index (χ3n) is 2.06. The summed E-state index contributed by atoms with van der Waals surface area (Å²) in [4.78, 5) is 11.1. The third kappa shape index (κ3) is 2.25. The molecule has 5 nitrogen and oxygen atoms in total. The molecular formula is C10H13N5. The number of pyridine rings is 1. The lowest BCUT2D eigenvalue weighted by molar-refractivity contribution is 1.05. The molecule has 2 heterocycles. The first-order chi connectivity index (χ1) is 7.25. The van der Waals surface area contributed by atoms with Gasteiger partial charge in [0.1, 0.15) is 5.82 Å². The van der Waals surface area contributed by atoms with Crippen LogP contribution in [0.1, 0.15) is 11.3 Å².